The summed E-state index contributed by atoms with van der Waals surface area (Å²) in [4.78, 5) is 21.4. The van der Waals surface area contributed by atoms with Gasteiger partial charge < -0.3 is 20.3 Å². The normalized spacial score (nSPS) is 29.2. The summed E-state index contributed by atoms with van der Waals surface area (Å²) in [5.41, 5.74) is 0. The SMILES string of the molecule is CC(O)[C@H]1C(=O)N[C@@H]1[C@H](C)C(=O)[O-].[Na+]. The van der Waals surface area contributed by atoms with Gasteiger partial charge in [-0.25, -0.2) is 0 Å². The van der Waals surface area contributed by atoms with Crippen LogP contribution in [0, 0.1) is 11.8 Å². The Bertz CT molecular complexity index is 243. The van der Waals surface area contributed by atoms with Gasteiger partial charge in [-0.05, 0) is 6.92 Å². The second-order valence-corrected chi connectivity index (χ2v) is 3.41. The predicted molar refractivity (Wildman–Crippen MR) is 41.3 cm³/mol. The first-order valence-corrected chi connectivity index (χ1v) is 4.14. The molecule has 0 saturated carbocycles. The number of β-lactam (4-membered cyclic amide) rings is 1. The molecule has 1 heterocycles. The first-order chi connectivity index (χ1) is 5.95. The van der Waals surface area contributed by atoms with Crippen LogP contribution in [0.4, 0.5) is 0 Å². The van der Waals surface area contributed by atoms with Crippen molar-refractivity contribution in [3.63, 3.8) is 0 Å². The van der Waals surface area contributed by atoms with Gasteiger partial charge in [0.2, 0.25) is 5.91 Å². The molecule has 4 atom stereocenters. The van der Waals surface area contributed by atoms with Crippen LogP contribution in [0.1, 0.15) is 13.8 Å². The van der Waals surface area contributed by atoms with Crippen LogP contribution in [-0.2, 0) is 9.59 Å². The van der Waals surface area contributed by atoms with E-state index in [1.807, 2.05) is 0 Å². The van der Waals surface area contributed by atoms with Gasteiger partial charge in [0.1, 0.15) is 0 Å². The number of carbonyl (C=O) groups is 2. The van der Waals surface area contributed by atoms with E-state index in [1.54, 1.807) is 0 Å². The molecule has 1 fully saturated rings. The predicted octanol–water partition coefficient (Wildman–Crippen LogP) is -5.13. The van der Waals surface area contributed by atoms with Crippen molar-refractivity contribution < 1.29 is 49.4 Å². The average Bonchev–Trinajstić information content (AvgIpc) is 1.97. The van der Waals surface area contributed by atoms with Crippen molar-refractivity contribution in [2.24, 2.45) is 11.8 Å². The summed E-state index contributed by atoms with van der Waals surface area (Å²) in [6.45, 7) is 2.92. The van der Waals surface area contributed by atoms with E-state index in [2.05, 4.69) is 5.32 Å². The van der Waals surface area contributed by atoms with Gasteiger partial charge in [0.25, 0.3) is 0 Å². The van der Waals surface area contributed by atoms with Crippen LogP contribution in [-0.4, -0.2) is 29.1 Å². The average molecular weight is 209 g/mol. The molecule has 2 N–H and O–H groups in total. The number of carboxylic acids is 1. The zero-order valence-corrected chi connectivity index (χ0v) is 10.5. The number of hydrogen-bond acceptors (Lipinski definition) is 4. The van der Waals surface area contributed by atoms with Gasteiger partial charge >= 0.3 is 29.6 Å². The molecule has 1 unspecified atom stereocenters. The van der Waals surface area contributed by atoms with Gasteiger partial charge in [-0.2, -0.15) is 0 Å². The number of aliphatic carboxylic acids is 1. The number of carboxylic acid groups (broad SMARTS) is 1. The van der Waals surface area contributed by atoms with E-state index in [1.165, 1.54) is 13.8 Å². The molecule has 0 aromatic rings. The Hall–Kier alpha value is -0.100. The topological polar surface area (TPSA) is 89.5 Å². The molecule has 1 amide bonds. The summed E-state index contributed by atoms with van der Waals surface area (Å²) < 4.78 is 0. The second kappa shape index (κ2) is 5.11. The largest absolute Gasteiger partial charge is 1.00 e. The Morgan fingerprint density at radius 1 is 1.57 bits per heavy atom. The molecule has 0 radical (unpaired) electrons. The van der Waals surface area contributed by atoms with Crippen molar-refractivity contribution in [2.75, 3.05) is 0 Å². The van der Waals surface area contributed by atoms with Gasteiger partial charge in [-0.3, -0.25) is 4.79 Å². The minimum absolute atomic E-state index is 0. The molecule has 0 bridgehead atoms. The van der Waals surface area contributed by atoms with E-state index >= 15 is 0 Å². The van der Waals surface area contributed by atoms with Gasteiger partial charge in [0.05, 0.1) is 18.1 Å². The minimum Gasteiger partial charge on any atom is -0.550 e. The maximum absolute atomic E-state index is 10.9. The molecular weight excluding hydrogens is 197 g/mol. The van der Waals surface area contributed by atoms with Crippen molar-refractivity contribution in [1.82, 2.24) is 5.32 Å². The van der Waals surface area contributed by atoms with Crippen LogP contribution < -0.4 is 40.0 Å². The fourth-order valence-electron chi connectivity index (χ4n) is 1.52. The van der Waals surface area contributed by atoms with Crippen molar-refractivity contribution in [2.45, 2.75) is 26.0 Å². The number of aliphatic hydroxyl groups is 1. The Morgan fingerprint density at radius 3 is 2.36 bits per heavy atom. The summed E-state index contributed by atoms with van der Waals surface area (Å²) in [5, 5.41) is 22.1. The zero-order chi connectivity index (χ0) is 10.2. The molecule has 0 spiro atoms. The van der Waals surface area contributed by atoms with E-state index in [4.69, 9.17) is 5.11 Å². The standard InChI is InChI=1S/C8H13NO4.Na/c1-3(8(12)13)6-5(4(2)10)7(11)9-6;/h3-6,10H,1-2H3,(H,9,11)(H,12,13);/q;+1/p-1/t3-,4?,5+,6+;/m0./s1. The van der Waals surface area contributed by atoms with Crippen LogP contribution >= 0.6 is 0 Å². The molecule has 0 aromatic heterocycles. The van der Waals surface area contributed by atoms with Crippen LogP contribution in [0.2, 0.25) is 0 Å². The van der Waals surface area contributed by atoms with Gasteiger partial charge in [-0.15, -0.1) is 0 Å². The van der Waals surface area contributed by atoms with Gasteiger partial charge in [0.15, 0.2) is 0 Å². The fourth-order valence-corrected chi connectivity index (χ4v) is 1.52. The van der Waals surface area contributed by atoms with Crippen molar-refractivity contribution >= 4 is 11.9 Å². The molecule has 14 heavy (non-hydrogen) atoms. The first kappa shape index (κ1) is 13.9. The maximum Gasteiger partial charge on any atom is 1.00 e. The van der Waals surface area contributed by atoms with Gasteiger partial charge in [-0.1, -0.05) is 6.92 Å². The summed E-state index contributed by atoms with van der Waals surface area (Å²) in [6, 6.07) is -0.502. The van der Waals surface area contributed by atoms with Crippen LogP contribution in [0.25, 0.3) is 0 Å². The van der Waals surface area contributed by atoms with Crippen LogP contribution in [0.5, 0.6) is 0 Å². The minimum atomic E-state index is -1.21. The molecule has 1 rings (SSSR count). The summed E-state index contributed by atoms with van der Waals surface area (Å²) in [6.07, 6.45) is -0.819. The molecule has 5 nitrogen and oxygen atoms in total. The maximum atomic E-state index is 10.9. The summed E-state index contributed by atoms with van der Waals surface area (Å²) in [5.74, 6) is -2.89. The van der Waals surface area contributed by atoms with Crippen molar-refractivity contribution in [3.8, 4) is 0 Å². The van der Waals surface area contributed by atoms with Crippen LogP contribution in [0.15, 0.2) is 0 Å². The molecule has 1 saturated heterocycles. The second-order valence-electron chi connectivity index (χ2n) is 3.41. The number of rotatable bonds is 3. The Kier molecular flexibility index (Phi) is 5.08. The zero-order valence-electron chi connectivity index (χ0n) is 8.48. The Morgan fingerprint density at radius 2 is 2.07 bits per heavy atom. The van der Waals surface area contributed by atoms with Crippen LogP contribution in [0.3, 0.4) is 0 Å². The quantitative estimate of drug-likeness (QED) is 0.359. The smallest absolute Gasteiger partial charge is 0.550 e. The Labute approximate surface area is 104 Å². The third kappa shape index (κ3) is 2.48. The van der Waals surface area contributed by atoms with E-state index in [9.17, 15) is 14.7 Å². The number of nitrogens with one attached hydrogen (secondary N) is 1. The first-order valence-electron chi connectivity index (χ1n) is 4.14. The molecule has 0 aromatic carbocycles. The summed E-state index contributed by atoms with van der Waals surface area (Å²) in [7, 11) is 0. The number of aliphatic hydroxyl groups excluding tert-OH is 1. The third-order valence-electron chi connectivity index (χ3n) is 2.43. The Balaban J connectivity index is 0.00000169. The molecular formula is C8H12NNaO4. The monoisotopic (exact) mass is 209 g/mol. The molecule has 1 aliphatic rings. The van der Waals surface area contributed by atoms with E-state index in [0.717, 1.165) is 0 Å². The molecule has 6 heteroatoms. The number of carbonyl (C=O) groups excluding carboxylic acids is 2. The van der Waals surface area contributed by atoms with E-state index < -0.39 is 30.0 Å². The van der Waals surface area contributed by atoms with Crippen molar-refractivity contribution in [3.05, 3.63) is 0 Å². The number of hydrogen-bond donors (Lipinski definition) is 2. The van der Waals surface area contributed by atoms with Gasteiger partial charge in [0, 0.05) is 11.9 Å². The summed E-state index contributed by atoms with van der Waals surface area (Å²) >= 11 is 0. The van der Waals surface area contributed by atoms with E-state index in [0.29, 0.717) is 0 Å². The molecule has 1 aliphatic heterocycles. The van der Waals surface area contributed by atoms with Crippen molar-refractivity contribution in [1.29, 1.82) is 0 Å². The molecule has 0 aliphatic carbocycles. The fraction of sp³-hybridized carbons (Fsp3) is 0.750. The van der Waals surface area contributed by atoms with E-state index in [-0.39, 0.29) is 35.5 Å². The third-order valence-corrected chi connectivity index (χ3v) is 2.43. The number of amides is 1. The molecule has 74 valence electrons.